The van der Waals surface area contributed by atoms with Crippen LogP contribution in [0, 0.1) is 0 Å². The van der Waals surface area contributed by atoms with E-state index in [1.54, 1.807) is 7.11 Å². The Morgan fingerprint density at radius 3 is 2.90 bits per heavy atom. The van der Waals surface area contributed by atoms with E-state index < -0.39 is 6.09 Å². The highest BCUT2D eigenvalue weighted by atomic mass is 79.9. The van der Waals surface area contributed by atoms with E-state index >= 15 is 0 Å². The lowest BCUT2D eigenvalue weighted by Gasteiger charge is -2.08. The van der Waals surface area contributed by atoms with E-state index in [-0.39, 0.29) is 11.4 Å². The van der Waals surface area contributed by atoms with E-state index in [2.05, 4.69) is 31.0 Å². The number of aliphatic hydroxyl groups excluding tert-OH is 1. The lowest BCUT2D eigenvalue weighted by molar-refractivity contribution is 0.187. The summed E-state index contributed by atoms with van der Waals surface area (Å²) in [6.07, 6.45) is 0.0833. The van der Waals surface area contributed by atoms with Crippen LogP contribution in [-0.2, 0) is 11.2 Å². The van der Waals surface area contributed by atoms with Gasteiger partial charge in [-0.05, 0) is 18.1 Å². The van der Waals surface area contributed by atoms with Crippen molar-refractivity contribution in [1.82, 2.24) is 4.98 Å². The van der Waals surface area contributed by atoms with Gasteiger partial charge in [0, 0.05) is 4.83 Å². The molecule has 0 saturated carbocycles. The fraction of sp³-hybridized carbons (Fsp3) is 0.385. The number of fused-ring (bicyclic) bond motifs is 1. The number of nitrogens with one attached hydrogen (secondary N) is 1. The molecular weight excluding hydrogens is 360 g/mol. The standard InChI is InChI=1S/C13H15BrN2O4S/c1-19-9-4-3-7(5-8(14)6-17)11-10(9)15-12(21-11)16-13(18)20-2/h3-4,8,17H,5-6H2,1-2H3,(H,15,16,18). The Kier molecular flexibility index (Phi) is 5.38. The van der Waals surface area contributed by atoms with Crippen LogP contribution in [0.25, 0.3) is 10.2 Å². The maximum absolute atomic E-state index is 11.3. The van der Waals surface area contributed by atoms with Crippen molar-refractivity contribution in [3.8, 4) is 5.75 Å². The third-order valence-corrected chi connectivity index (χ3v) is 4.50. The fourth-order valence-corrected chi connectivity index (χ4v) is 3.19. The Balaban J connectivity index is 2.44. The third-order valence-electron chi connectivity index (χ3n) is 2.84. The molecule has 2 N–H and O–H groups in total. The highest BCUT2D eigenvalue weighted by molar-refractivity contribution is 9.09. The summed E-state index contributed by atoms with van der Waals surface area (Å²) in [5.74, 6) is 0.637. The lowest BCUT2D eigenvalue weighted by atomic mass is 10.1. The molecule has 0 radical (unpaired) electrons. The van der Waals surface area contributed by atoms with Crippen molar-refractivity contribution in [2.24, 2.45) is 0 Å². The van der Waals surface area contributed by atoms with E-state index in [0.717, 1.165) is 10.3 Å². The quantitative estimate of drug-likeness (QED) is 0.786. The van der Waals surface area contributed by atoms with Gasteiger partial charge in [0.25, 0.3) is 0 Å². The molecule has 1 heterocycles. The molecule has 0 bridgehead atoms. The number of alkyl halides is 1. The molecule has 1 aromatic carbocycles. The minimum absolute atomic E-state index is 0.0341. The number of methoxy groups -OCH3 is 2. The summed E-state index contributed by atoms with van der Waals surface area (Å²) >= 11 is 4.75. The van der Waals surface area contributed by atoms with Crippen LogP contribution < -0.4 is 10.1 Å². The first-order valence-corrected chi connectivity index (χ1v) is 7.88. The second-order valence-corrected chi connectivity index (χ2v) is 6.52. The van der Waals surface area contributed by atoms with Gasteiger partial charge in [0.2, 0.25) is 0 Å². The highest BCUT2D eigenvalue weighted by Crippen LogP contribution is 2.36. The third kappa shape index (κ3) is 3.63. The number of anilines is 1. The van der Waals surface area contributed by atoms with Crippen LogP contribution in [-0.4, -0.2) is 41.8 Å². The van der Waals surface area contributed by atoms with Crippen molar-refractivity contribution in [2.75, 3.05) is 26.1 Å². The van der Waals surface area contributed by atoms with Crippen LogP contribution in [0.3, 0.4) is 0 Å². The molecular formula is C13H15BrN2O4S. The minimum Gasteiger partial charge on any atom is -0.494 e. The average Bonchev–Trinajstić information content (AvgIpc) is 2.91. The van der Waals surface area contributed by atoms with Crippen molar-refractivity contribution >= 4 is 48.7 Å². The maximum Gasteiger partial charge on any atom is 0.413 e. The monoisotopic (exact) mass is 374 g/mol. The Hall–Kier alpha value is -1.38. The van der Waals surface area contributed by atoms with Crippen LogP contribution >= 0.6 is 27.3 Å². The number of aliphatic hydroxyl groups is 1. The van der Waals surface area contributed by atoms with Gasteiger partial charge in [-0.1, -0.05) is 33.3 Å². The van der Waals surface area contributed by atoms with Gasteiger partial charge in [-0.25, -0.2) is 9.78 Å². The van der Waals surface area contributed by atoms with Crippen LogP contribution in [0.5, 0.6) is 5.75 Å². The number of aromatic nitrogens is 1. The smallest absolute Gasteiger partial charge is 0.413 e. The number of thiazole rings is 1. The molecule has 1 unspecified atom stereocenters. The van der Waals surface area contributed by atoms with E-state index in [1.165, 1.54) is 18.4 Å². The number of hydrogen-bond acceptors (Lipinski definition) is 6. The normalized spacial score (nSPS) is 12.2. The SMILES string of the molecule is COC(=O)Nc1nc2c(OC)ccc(CC(Br)CO)c2s1. The van der Waals surface area contributed by atoms with Gasteiger partial charge in [0.15, 0.2) is 5.13 Å². The zero-order valence-corrected chi connectivity index (χ0v) is 14.0. The molecule has 0 aliphatic rings. The summed E-state index contributed by atoms with van der Waals surface area (Å²) in [5.41, 5.74) is 1.71. The largest absolute Gasteiger partial charge is 0.494 e. The Bertz CT molecular complexity index is 646. The molecule has 0 aliphatic heterocycles. The molecule has 6 nitrogen and oxygen atoms in total. The first kappa shape index (κ1) is 16.0. The van der Waals surface area contributed by atoms with Gasteiger partial charge in [-0.15, -0.1) is 0 Å². The summed E-state index contributed by atoms with van der Waals surface area (Å²) in [4.78, 5) is 15.6. The number of halogens is 1. The number of ether oxygens (including phenoxy) is 2. The Morgan fingerprint density at radius 2 is 2.29 bits per heavy atom. The summed E-state index contributed by atoms with van der Waals surface area (Å²) in [6, 6.07) is 3.77. The first-order valence-electron chi connectivity index (χ1n) is 6.15. The number of benzene rings is 1. The van der Waals surface area contributed by atoms with Crippen molar-refractivity contribution in [3.05, 3.63) is 17.7 Å². The van der Waals surface area contributed by atoms with Crippen molar-refractivity contribution in [1.29, 1.82) is 0 Å². The molecule has 0 aliphatic carbocycles. The second-order valence-electron chi connectivity index (χ2n) is 4.22. The molecule has 1 aromatic heterocycles. The summed E-state index contributed by atoms with van der Waals surface area (Å²) in [7, 11) is 2.87. The molecule has 0 saturated heterocycles. The van der Waals surface area contributed by atoms with Gasteiger partial charge in [0.1, 0.15) is 11.3 Å². The number of amides is 1. The topological polar surface area (TPSA) is 80.7 Å². The van der Waals surface area contributed by atoms with Gasteiger partial charge in [0.05, 0.1) is 25.5 Å². The minimum atomic E-state index is -0.566. The number of hydrogen-bond donors (Lipinski definition) is 2. The number of carbonyl (C=O) groups is 1. The van der Waals surface area contributed by atoms with E-state index in [0.29, 0.717) is 22.8 Å². The molecule has 1 atom stereocenters. The highest BCUT2D eigenvalue weighted by Gasteiger charge is 2.16. The second kappa shape index (κ2) is 7.06. The number of rotatable bonds is 5. The zero-order valence-electron chi connectivity index (χ0n) is 11.6. The van der Waals surface area contributed by atoms with Gasteiger partial charge >= 0.3 is 6.09 Å². The lowest BCUT2D eigenvalue weighted by Crippen LogP contribution is -2.10. The average molecular weight is 375 g/mol. The van der Waals surface area contributed by atoms with E-state index in [9.17, 15) is 4.79 Å². The van der Waals surface area contributed by atoms with Crippen LogP contribution in [0.15, 0.2) is 12.1 Å². The van der Waals surface area contributed by atoms with Crippen LogP contribution in [0.1, 0.15) is 5.56 Å². The Morgan fingerprint density at radius 1 is 1.52 bits per heavy atom. The predicted molar refractivity (Wildman–Crippen MR) is 85.7 cm³/mol. The molecule has 1 amide bonds. The van der Waals surface area contributed by atoms with Crippen molar-refractivity contribution in [3.63, 3.8) is 0 Å². The van der Waals surface area contributed by atoms with E-state index in [4.69, 9.17) is 9.84 Å². The van der Waals surface area contributed by atoms with Crippen molar-refractivity contribution < 1.29 is 19.4 Å². The molecule has 0 fully saturated rings. The van der Waals surface area contributed by atoms with Gasteiger partial charge in [-0.2, -0.15) is 0 Å². The zero-order chi connectivity index (χ0) is 15.4. The Labute approximate surface area is 134 Å². The number of nitrogens with zero attached hydrogens (tertiary/aromatic N) is 1. The van der Waals surface area contributed by atoms with Crippen LogP contribution in [0.4, 0.5) is 9.93 Å². The molecule has 2 aromatic rings. The fourth-order valence-electron chi connectivity index (χ4n) is 1.86. The van der Waals surface area contributed by atoms with Gasteiger partial charge < -0.3 is 14.6 Å². The van der Waals surface area contributed by atoms with E-state index in [1.807, 2.05) is 12.1 Å². The molecule has 2 rings (SSSR count). The molecule has 8 heteroatoms. The number of carbonyl (C=O) groups excluding carboxylic acids is 1. The predicted octanol–water partition coefficient (Wildman–Crippen LogP) is 2.78. The van der Waals surface area contributed by atoms with Crippen molar-refractivity contribution in [2.45, 2.75) is 11.2 Å². The van der Waals surface area contributed by atoms with Crippen LogP contribution in [0.2, 0.25) is 0 Å². The van der Waals surface area contributed by atoms with Gasteiger partial charge in [-0.3, -0.25) is 5.32 Å². The summed E-state index contributed by atoms with van der Waals surface area (Å²) in [6.45, 7) is 0.0413. The molecule has 21 heavy (non-hydrogen) atoms. The molecule has 114 valence electrons. The maximum atomic E-state index is 11.3. The molecule has 0 spiro atoms. The first-order chi connectivity index (χ1) is 10.1. The summed E-state index contributed by atoms with van der Waals surface area (Å²) < 4.78 is 10.8. The summed E-state index contributed by atoms with van der Waals surface area (Å²) in [5, 5.41) is 12.2.